The zero-order chi connectivity index (χ0) is 16.1. The maximum atomic E-state index is 12.2. The van der Waals surface area contributed by atoms with Gasteiger partial charge in [0, 0.05) is 23.1 Å². The van der Waals surface area contributed by atoms with Crippen molar-refractivity contribution in [2.45, 2.75) is 36.3 Å². The summed E-state index contributed by atoms with van der Waals surface area (Å²) < 4.78 is 11.5. The van der Waals surface area contributed by atoms with Gasteiger partial charge in [-0.05, 0) is 49.4 Å². The maximum Gasteiger partial charge on any atom is 0.230 e. The molecule has 2 aliphatic rings. The van der Waals surface area contributed by atoms with Crippen molar-refractivity contribution in [1.29, 1.82) is 0 Å². The molecule has 1 saturated carbocycles. The first kappa shape index (κ1) is 17.1. The van der Waals surface area contributed by atoms with Gasteiger partial charge >= 0.3 is 0 Å². The van der Waals surface area contributed by atoms with E-state index in [-0.39, 0.29) is 18.1 Å². The first-order chi connectivity index (χ1) is 11.2. The Kier molecular flexibility index (Phi) is 6.22. The first-order valence-corrected chi connectivity index (χ1v) is 9.44. The van der Waals surface area contributed by atoms with Crippen LogP contribution in [0.5, 0.6) is 0 Å². The number of hydrogen-bond donors (Lipinski definition) is 1. The van der Waals surface area contributed by atoms with E-state index in [1.54, 1.807) is 0 Å². The summed E-state index contributed by atoms with van der Waals surface area (Å²) >= 11 is 7.36. The predicted octanol–water partition coefficient (Wildman–Crippen LogP) is 3.13. The monoisotopic (exact) mass is 355 g/mol. The average Bonchev–Trinajstić information content (AvgIpc) is 3.38. The Labute approximate surface area is 146 Å². The van der Waals surface area contributed by atoms with Crippen molar-refractivity contribution in [2.24, 2.45) is 5.92 Å². The summed E-state index contributed by atoms with van der Waals surface area (Å²) in [5.74, 6) is 1.13. The molecule has 126 valence electrons. The highest BCUT2D eigenvalue weighted by atomic mass is 35.5. The summed E-state index contributed by atoms with van der Waals surface area (Å²) in [4.78, 5) is 13.2. The quantitative estimate of drug-likeness (QED) is 0.763. The molecule has 1 aliphatic heterocycles. The second kappa shape index (κ2) is 8.38. The number of nitrogens with one attached hydrogen (secondary N) is 1. The summed E-state index contributed by atoms with van der Waals surface area (Å²) in [6, 6.07) is 7.47. The summed E-state index contributed by atoms with van der Waals surface area (Å²) in [6.45, 7) is 2.06. The van der Waals surface area contributed by atoms with E-state index >= 15 is 0 Å². The van der Waals surface area contributed by atoms with Crippen molar-refractivity contribution >= 4 is 29.3 Å². The second-order valence-corrected chi connectivity index (χ2v) is 7.58. The number of benzene rings is 1. The van der Waals surface area contributed by atoms with Crippen molar-refractivity contribution in [1.82, 2.24) is 5.32 Å². The molecule has 0 aromatic heterocycles. The van der Waals surface area contributed by atoms with Gasteiger partial charge in [-0.2, -0.15) is 0 Å². The molecular formula is C17H22ClNO3S. The van der Waals surface area contributed by atoms with Crippen LogP contribution in [0.4, 0.5) is 0 Å². The van der Waals surface area contributed by atoms with Crippen molar-refractivity contribution in [3.8, 4) is 0 Å². The van der Waals surface area contributed by atoms with Crippen LogP contribution in [0.2, 0.25) is 5.02 Å². The molecule has 2 unspecified atom stereocenters. The summed E-state index contributed by atoms with van der Waals surface area (Å²) in [5, 5.41) is 3.76. The predicted molar refractivity (Wildman–Crippen MR) is 92.0 cm³/mol. The minimum atomic E-state index is -0.0409. The molecule has 1 saturated heterocycles. The number of amides is 1. The molecule has 4 nitrogen and oxygen atoms in total. The molecule has 1 aromatic carbocycles. The molecule has 3 rings (SSSR count). The van der Waals surface area contributed by atoms with Crippen molar-refractivity contribution in [3.05, 3.63) is 29.3 Å². The highest BCUT2D eigenvalue weighted by Crippen LogP contribution is 2.30. The average molecular weight is 356 g/mol. The van der Waals surface area contributed by atoms with Gasteiger partial charge in [0.15, 0.2) is 0 Å². The minimum Gasteiger partial charge on any atom is -0.379 e. The van der Waals surface area contributed by atoms with Crippen LogP contribution in [0.3, 0.4) is 0 Å². The molecule has 1 aromatic rings. The summed E-state index contributed by atoms with van der Waals surface area (Å²) in [7, 11) is 0. The van der Waals surface area contributed by atoms with Gasteiger partial charge in [0.25, 0.3) is 0 Å². The van der Waals surface area contributed by atoms with Crippen molar-refractivity contribution < 1.29 is 14.3 Å². The van der Waals surface area contributed by atoms with Gasteiger partial charge in [0.05, 0.1) is 24.5 Å². The van der Waals surface area contributed by atoms with E-state index in [1.165, 1.54) is 24.6 Å². The van der Waals surface area contributed by atoms with Crippen LogP contribution in [0.15, 0.2) is 29.2 Å². The Bertz CT molecular complexity index is 521. The topological polar surface area (TPSA) is 47.6 Å². The van der Waals surface area contributed by atoms with Gasteiger partial charge in [-0.25, -0.2) is 0 Å². The third-order valence-electron chi connectivity index (χ3n) is 4.07. The normalized spacial score (nSPS) is 24.4. The lowest BCUT2D eigenvalue weighted by atomic mass is 10.1. The Morgan fingerprint density at radius 2 is 2.09 bits per heavy atom. The smallest absolute Gasteiger partial charge is 0.230 e. The molecule has 6 heteroatoms. The molecule has 1 heterocycles. The van der Waals surface area contributed by atoms with E-state index in [0.717, 1.165) is 23.8 Å². The lowest BCUT2D eigenvalue weighted by Gasteiger charge is -2.32. The lowest BCUT2D eigenvalue weighted by Crippen LogP contribution is -2.51. The zero-order valence-corrected chi connectivity index (χ0v) is 14.6. The van der Waals surface area contributed by atoms with Crippen LogP contribution >= 0.6 is 23.4 Å². The Balaban J connectivity index is 1.43. The number of thioether (sulfide) groups is 1. The molecule has 23 heavy (non-hydrogen) atoms. The van der Waals surface area contributed by atoms with Crippen LogP contribution in [-0.4, -0.2) is 43.6 Å². The molecule has 1 N–H and O–H groups in total. The lowest BCUT2D eigenvalue weighted by molar-refractivity contribution is -0.123. The molecule has 0 bridgehead atoms. The fourth-order valence-corrected chi connectivity index (χ4v) is 3.36. The van der Waals surface area contributed by atoms with Gasteiger partial charge in [0.2, 0.25) is 5.91 Å². The first-order valence-electron chi connectivity index (χ1n) is 8.08. The van der Waals surface area contributed by atoms with Gasteiger partial charge in [-0.15, -0.1) is 11.8 Å². The number of carbonyl (C=O) groups excluding carboxylic acids is 1. The molecule has 1 amide bonds. The highest BCUT2D eigenvalue weighted by Gasteiger charge is 2.30. The number of rotatable bonds is 7. The zero-order valence-electron chi connectivity index (χ0n) is 13.0. The molecule has 1 aliphatic carbocycles. The van der Waals surface area contributed by atoms with Crippen molar-refractivity contribution in [3.63, 3.8) is 0 Å². The Morgan fingerprint density at radius 3 is 2.83 bits per heavy atom. The fraction of sp³-hybridized carbons (Fsp3) is 0.588. The fourth-order valence-electron chi connectivity index (χ4n) is 2.52. The second-order valence-electron chi connectivity index (χ2n) is 6.10. The van der Waals surface area contributed by atoms with Crippen LogP contribution < -0.4 is 5.32 Å². The molecule has 2 atom stereocenters. The largest absolute Gasteiger partial charge is 0.379 e. The molecule has 0 radical (unpaired) electrons. The Morgan fingerprint density at radius 1 is 1.30 bits per heavy atom. The highest BCUT2D eigenvalue weighted by molar-refractivity contribution is 8.00. The SMILES string of the molecule is O=C(CSc1ccc(Cl)cc1)NC1COCCC1OCC1CC1. The number of hydrogen-bond acceptors (Lipinski definition) is 4. The van der Waals surface area contributed by atoms with Crippen LogP contribution in [0.25, 0.3) is 0 Å². The van der Waals surface area contributed by atoms with Gasteiger partial charge < -0.3 is 14.8 Å². The molecule has 0 spiro atoms. The van der Waals surface area contributed by atoms with E-state index in [1.807, 2.05) is 24.3 Å². The van der Waals surface area contributed by atoms with E-state index in [9.17, 15) is 4.79 Å². The van der Waals surface area contributed by atoms with E-state index in [4.69, 9.17) is 21.1 Å². The number of halogens is 1. The number of ether oxygens (including phenoxy) is 2. The summed E-state index contributed by atoms with van der Waals surface area (Å²) in [5.41, 5.74) is 0. The van der Waals surface area contributed by atoms with E-state index in [2.05, 4.69) is 5.32 Å². The minimum absolute atomic E-state index is 0.0143. The molecule has 2 fully saturated rings. The van der Waals surface area contributed by atoms with Crippen molar-refractivity contribution in [2.75, 3.05) is 25.6 Å². The molecular weight excluding hydrogens is 334 g/mol. The van der Waals surface area contributed by atoms with Gasteiger partial charge in [-0.3, -0.25) is 4.79 Å². The van der Waals surface area contributed by atoms with Crippen LogP contribution in [0, 0.1) is 5.92 Å². The van der Waals surface area contributed by atoms with Crippen LogP contribution in [0.1, 0.15) is 19.3 Å². The van der Waals surface area contributed by atoms with Crippen LogP contribution in [-0.2, 0) is 14.3 Å². The standard InChI is InChI=1S/C17H22ClNO3S/c18-13-3-5-14(6-4-13)23-11-17(20)19-15-10-21-8-7-16(15)22-9-12-1-2-12/h3-6,12,15-16H,1-2,7-11H2,(H,19,20). The van der Waals surface area contributed by atoms with E-state index in [0.29, 0.717) is 24.0 Å². The third-order valence-corrected chi connectivity index (χ3v) is 5.33. The third kappa shape index (κ3) is 5.68. The maximum absolute atomic E-state index is 12.2. The van der Waals surface area contributed by atoms with Gasteiger partial charge in [-0.1, -0.05) is 11.6 Å². The van der Waals surface area contributed by atoms with Gasteiger partial charge in [0.1, 0.15) is 0 Å². The number of carbonyl (C=O) groups is 1. The van der Waals surface area contributed by atoms with E-state index < -0.39 is 0 Å². The Hall–Kier alpha value is -0.750. The summed E-state index contributed by atoms with van der Waals surface area (Å²) in [6.07, 6.45) is 3.48.